The summed E-state index contributed by atoms with van der Waals surface area (Å²) in [5.74, 6) is 2.05. The normalized spacial score (nSPS) is 36.0. The molecule has 17 heavy (non-hydrogen) atoms. The van der Waals surface area contributed by atoms with Crippen LogP contribution in [0.4, 0.5) is 0 Å². The summed E-state index contributed by atoms with van der Waals surface area (Å²) in [6.07, 6.45) is 8.83. The van der Waals surface area contributed by atoms with Gasteiger partial charge in [0.1, 0.15) is 0 Å². The van der Waals surface area contributed by atoms with E-state index < -0.39 is 0 Å². The predicted octanol–water partition coefficient (Wildman–Crippen LogP) is 2.89. The summed E-state index contributed by atoms with van der Waals surface area (Å²) < 4.78 is 0. The Morgan fingerprint density at radius 2 is 1.82 bits per heavy atom. The first-order valence-electron chi connectivity index (χ1n) is 7.73. The van der Waals surface area contributed by atoms with Gasteiger partial charge in [0.15, 0.2) is 0 Å². The van der Waals surface area contributed by atoms with E-state index in [9.17, 15) is 0 Å². The summed E-state index contributed by atoms with van der Waals surface area (Å²) in [5, 5.41) is 3.53. The standard InChI is InChI=1S/C15H30N2/c1-3-4-14-5-7-15(8-6-14)12-17-10-9-16-13(2)11-17/h13-16H,3-12H2,1-2H3/t13-,14?,15?/m1/s1. The van der Waals surface area contributed by atoms with Crippen LogP contribution in [0.5, 0.6) is 0 Å². The number of hydrogen-bond donors (Lipinski definition) is 1. The molecule has 0 aromatic rings. The van der Waals surface area contributed by atoms with E-state index in [0.29, 0.717) is 6.04 Å². The van der Waals surface area contributed by atoms with Crippen LogP contribution in [-0.4, -0.2) is 37.1 Å². The molecule has 1 atom stereocenters. The SMILES string of the molecule is CCCC1CCC(CN2CCN[C@H](C)C2)CC1. The second-order valence-electron chi connectivity index (χ2n) is 6.29. The molecule has 2 rings (SSSR count). The summed E-state index contributed by atoms with van der Waals surface area (Å²) in [5.41, 5.74) is 0. The van der Waals surface area contributed by atoms with E-state index in [1.807, 2.05) is 0 Å². The maximum atomic E-state index is 3.53. The highest BCUT2D eigenvalue weighted by Crippen LogP contribution is 2.32. The highest BCUT2D eigenvalue weighted by Gasteiger charge is 2.24. The molecule has 0 aromatic heterocycles. The third-order valence-electron chi connectivity index (χ3n) is 4.63. The van der Waals surface area contributed by atoms with Crippen molar-refractivity contribution >= 4 is 0 Å². The van der Waals surface area contributed by atoms with E-state index >= 15 is 0 Å². The molecule has 1 heterocycles. The average Bonchev–Trinajstić information content (AvgIpc) is 2.32. The van der Waals surface area contributed by atoms with Gasteiger partial charge < -0.3 is 10.2 Å². The van der Waals surface area contributed by atoms with Crippen molar-refractivity contribution in [1.82, 2.24) is 10.2 Å². The predicted molar refractivity (Wildman–Crippen MR) is 74.3 cm³/mol. The van der Waals surface area contributed by atoms with E-state index in [4.69, 9.17) is 0 Å². The minimum atomic E-state index is 0.695. The van der Waals surface area contributed by atoms with Crippen LogP contribution in [0.25, 0.3) is 0 Å². The van der Waals surface area contributed by atoms with Gasteiger partial charge in [-0.25, -0.2) is 0 Å². The monoisotopic (exact) mass is 238 g/mol. The van der Waals surface area contributed by atoms with Crippen LogP contribution in [0.1, 0.15) is 52.4 Å². The van der Waals surface area contributed by atoms with E-state index in [0.717, 1.165) is 11.8 Å². The molecule has 0 bridgehead atoms. The Morgan fingerprint density at radius 3 is 2.47 bits per heavy atom. The van der Waals surface area contributed by atoms with Crippen LogP contribution in [0.15, 0.2) is 0 Å². The van der Waals surface area contributed by atoms with E-state index in [1.54, 1.807) is 0 Å². The highest BCUT2D eigenvalue weighted by molar-refractivity contribution is 4.79. The molecule has 2 heteroatoms. The molecule has 0 spiro atoms. The van der Waals surface area contributed by atoms with E-state index in [2.05, 4.69) is 24.1 Å². The zero-order chi connectivity index (χ0) is 12.1. The third-order valence-corrected chi connectivity index (χ3v) is 4.63. The first-order chi connectivity index (χ1) is 8.28. The topological polar surface area (TPSA) is 15.3 Å². The Labute approximate surface area is 107 Å². The molecular formula is C15H30N2. The second-order valence-corrected chi connectivity index (χ2v) is 6.29. The second kappa shape index (κ2) is 6.75. The summed E-state index contributed by atoms with van der Waals surface area (Å²) >= 11 is 0. The number of piperazine rings is 1. The molecule has 0 aromatic carbocycles. The fourth-order valence-corrected chi connectivity index (χ4v) is 3.65. The lowest BCUT2D eigenvalue weighted by Crippen LogP contribution is -2.50. The van der Waals surface area contributed by atoms with Gasteiger partial charge in [0.2, 0.25) is 0 Å². The van der Waals surface area contributed by atoms with Gasteiger partial charge in [-0.05, 0) is 31.6 Å². The van der Waals surface area contributed by atoms with Crippen LogP contribution in [0.2, 0.25) is 0 Å². The van der Waals surface area contributed by atoms with Crippen molar-refractivity contribution in [1.29, 1.82) is 0 Å². The van der Waals surface area contributed by atoms with Crippen LogP contribution < -0.4 is 5.32 Å². The van der Waals surface area contributed by atoms with Crippen molar-refractivity contribution in [3.63, 3.8) is 0 Å². The lowest BCUT2D eigenvalue weighted by molar-refractivity contribution is 0.147. The van der Waals surface area contributed by atoms with Crippen LogP contribution in [0, 0.1) is 11.8 Å². The number of hydrogen-bond acceptors (Lipinski definition) is 2. The molecule has 1 N–H and O–H groups in total. The number of rotatable bonds is 4. The van der Waals surface area contributed by atoms with Gasteiger partial charge >= 0.3 is 0 Å². The summed E-state index contributed by atoms with van der Waals surface area (Å²) in [7, 11) is 0. The fraction of sp³-hybridized carbons (Fsp3) is 1.00. The average molecular weight is 238 g/mol. The van der Waals surface area contributed by atoms with Crippen molar-refractivity contribution in [3.8, 4) is 0 Å². The third kappa shape index (κ3) is 4.26. The van der Waals surface area contributed by atoms with Crippen LogP contribution in [-0.2, 0) is 0 Å². The van der Waals surface area contributed by atoms with Gasteiger partial charge in [0.25, 0.3) is 0 Å². The number of nitrogens with zero attached hydrogens (tertiary/aromatic N) is 1. The molecule has 1 saturated heterocycles. The largest absolute Gasteiger partial charge is 0.312 e. The molecule has 2 fully saturated rings. The van der Waals surface area contributed by atoms with Crippen molar-refractivity contribution in [3.05, 3.63) is 0 Å². The molecule has 0 unspecified atom stereocenters. The maximum Gasteiger partial charge on any atom is 0.0167 e. The molecule has 1 aliphatic heterocycles. The molecular weight excluding hydrogens is 208 g/mol. The Balaban J connectivity index is 1.67. The number of nitrogens with one attached hydrogen (secondary N) is 1. The van der Waals surface area contributed by atoms with Gasteiger partial charge in [0, 0.05) is 32.2 Å². The van der Waals surface area contributed by atoms with Gasteiger partial charge in [-0.3, -0.25) is 0 Å². The van der Waals surface area contributed by atoms with Gasteiger partial charge in [-0.15, -0.1) is 0 Å². The van der Waals surface area contributed by atoms with Crippen molar-refractivity contribution in [2.24, 2.45) is 11.8 Å². The Kier molecular flexibility index (Phi) is 5.30. The fourth-order valence-electron chi connectivity index (χ4n) is 3.65. The van der Waals surface area contributed by atoms with E-state index in [1.165, 1.54) is 64.7 Å². The molecule has 0 amide bonds. The van der Waals surface area contributed by atoms with Crippen molar-refractivity contribution < 1.29 is 0 Å². The molecule has 0 radical (unpaired) electrons. The Hall–Kier alpha value is -0.0800. The quantitative estimate of drug-likeness (QED) is 0.810. The summed E-state index contributed by atoms with van der Waals surface area (Å²) in [6.45, 7) is 9.71. The lowest BCUT2D eigenvalue weighted by atomic mass is 9.80. The van der Waals surface area contributed by atoms with Gasteiger partial charge in [-0.1, -0.05) is 32.6 Å². The summed E-state index contributed by atoms with van der Waals surface area (Å²) in [6, 6.07) is 0.695. The van der Waals surface area contributed by atoms with Crippen molar-refractivity contribution in [2.75, 3.05) is 26.2 Å². The molecule has 2 nitrogen and oxygen atoms in total. The first kappa shape index (κ1) is 13.4. The minimum Gasteiger partial charge on any atom is -0.312 e. The van der Waals surface area contributed by atoms with Gasteiger partial charge in [0.05, 0.1) is 0 Å². The summed E-state index contributed by atoms with van der Waals surface area (Å²) in [4.78, 5) is 2.69. The Bertz CT molecular complexity index is 209. The van der Waals surface area contributed by atoms with Crippen molar-refractivity contribution in [2.45, 2.75) is 58.4 Å². The molecule has 1 saturated carbocycles. The van der Waals surface area contributed by atoms with E-state index in [-0.39, 0.29) is 0 Å². The smallest absolute Gasteiger partial charge is 0.0167 e. The van der Waals surface area contributed by atoms with Crippen LogP contribution in [0.3, 0.4) is 0 Å². The lowest BCUT2D eigenvalue weighted by Gasteiger charge is -2.36. The molecule has 100 valence electrons. The zero-order valence-electron chi connectivity index (χ0n) is 11.8. The molecule has 1 aliphatic carbocycles. The Morgan fingerprint density at radius 1 is 1.12 bits per heavy atom. The van der Waals surface area contributed by atoms with Gasteiger partial charge in [-0.2, -0.15) is 0 Å². The highest BCUT2D eigenvalue weighted by atomic mass is 15.2. The zero-order valence-corrected chi connectivity index (χ0v) is 11.8. The van der Waals surface area contributed by atoms with Crippen LogP contribution >= 0.6 is 0 Å². The maximum absolute atomic E-state index is 3.53. The first-order valence-corrected chi connectivity index (χ1v) is 7.73. The molecule has 2 aliphatic rings. The minimum absolute atomic E-state index is 0.695.